The minimum absolute atomic E-state index is 0.0372. The Kier molecular flexibility index (Phi) is 5.15. The summed E-state index contributed by atoms with van der Waals surface area (Å²) in [6.45, 7) is 9.33. The van der Waals surface area contributed by atoms with Crippen molar-refractivity contribution in [1.82, 2.24) is 10.3 Å². The van der Waals surface area contributed by atoms with E-state index in [4.69, 9.17) is 9.47 Å². The highest BCUT2D eigenvalue weighted by Crippen LogP contribution is 2.35. The van der Waals surface area contributed by atoms with Crippen LogP contribution in [0, 0.1) is 5.41 Å². The maximum atomic E-state index is 12.8. The fourth-order valence-electron chi connectivity index (χ4n) is 4.16. The molecule has 2 aromatic rings. The van der Waals surface area contributed by atoms with Gasteiger partial charge in [-0.3, -0.25) is 14.4 Å². The van der Waals surface area contributed by atoms with Gasteiger partial charge in [-0.15, -0.1) is 0 Å². The van der Waals surface area contributed by atoms with Crippen LogP contribution in [0.25, 0.3) is 0 Å². The van der Waals surface area contributed by atoms with Gasteiger partial charge < -0.3 is 19.8 Å². The molecule has 31 heavy (non-hydrogen) atoms. The van der Waals surface area contributed by atoms with Crippen molar-refractivity contribution in [3.05, 3.63) is 57.0 Å². The number of ether oxygens (including phenoxy) is 2. The van der Waals surface area contributed by atoms with Crippen molar-refractivity contribution < 1.29 is 19.1 Å². The molecule has 1 aromatic carbocycles. The lowest BCUT2D eigenvalue weighted by molar-refractivity contribution is 0.0910. The molecule has 0 bridgehead atoms. The van der Waals surface area contributed by atoms with Gasteiger partial charge in [0.25, 0.3) is 11.5 Å². The Bertz CT molecular complexity index is 1110. The Labute approximate surface area is 181 Å². The Balaban J connectivity index is 1.52. The summed E-state index contributed by atoms with van der Waals surface area (Å²) in [5.41, 5.74) is 0.906. The zero-order valence-corrected chi connectivity index (χ0v) is 18.4. The second kappa shape index (κ2) is 7.55. The van der Waals surface area contributed by atoms with Crippen LogP contribution >= 0.6 is 0 Å². The van der Waals surface area contributed by atoms with Crippen molar-refractivity contribution in [2.75, 3.05) is 19.8 Å². The van der Waals surface area contributed by atoms with Crippen LogP contribution in [0.1, 0.15) is 66.1 Å². The van der Waals surface area contributed by atoms with Crippen LogP contribution in [0.5, 0.6) is 11.5 Å². The van der Waals surface area contributed by atoms with Gasteiger partial charge >= 0.3 is 0 Å². The third-order valence-corrected chi connectivity index (χ3v) is 5.98. The van der Waals surface area contributed by atoms with Crippen LogP contribution in [0.4, 0.5) is 0 Å². The molecule has 0 saturated carbocycles. The zero-order valence-electron chi connectivity index (χ0n) is 18.4. The second-order valence-electron chi connectivity index (χ2n) is 9.77. The van der Waals surface area contributed by atoms with Crippen molar-refractivity contribution in [1.29, 1.82) is 0 Å². The standard InChI is InChI=1S/C24H28N2O5/c1-23(2)11-17-15(18(27)12-23)10-16(22(29)26-17)21(28)25-13-24(3,4)14-5-6-19-20(9-14)31-8-7-30-19/h5-6,9-10H,7-8,11-13H2,1-4H3,(H,25,28)(H,26,29). The lowest BCUT2D eigenvalue weighted by atomic mass is 9.75. The van der Waals surface area contributed by atoms with Crippen molar-refractivity contribution in [3.63, 3.8) is 0 Å². The zero-order chi connectivity index (χ0) is 22.4. The molecule has 1 amide bonds. The number of rotatable bonds is 4. The number of amides is 1. The molecule has 7 nitrogen and oxygen atoms in total. The van der Waals surface area contributed by atoms with E-state index >= 15 is 0 Å². The molecule has 0 atom stereocenters. The topological polar surface area (TPSA) is 97.5 Å². The van der Waals surface area contributed by atoms with E-state index in [2.05, 4.69) is 10.3 Å². The van der Waals surface area contributed by atoms with E-state index in [1.54, 1.807) is 0 Å². The maximum absolute atomic E-state index is 12.8. The number of hydrogen-bond acceptors (Lipinski definition) is 5. The molecule has 0 radical (unpaired) electrons. The van der Waals surface area contributed by atoms with Crippen LogP contribution in [0.3, 0.4) is 0 Å². The SMILES string of the molecule is CC1(C)CC(=O)c2cc(C(=O)NCC(C)(C)c3ccc4c(c3)OCCO4)c(=O)[nH]c2C1. The Morgan fingerprint density at radius 1 is 1.10 bits per heavy atom. The highest BCUT2D eigenvalue weighted by molar-refractivity contribution is 6.02. The van der Waals surface area contributed by atoms with Crippen molar-refractivity contribution in [3.8, 4) is 11.5 Å². The predicted octanol–water partition coefficient (Wildman–Crippen LogP) is 3.01. The van der Waals surface area contributed by atoms with E-state index < -0.39 is 16.9 Å². The molecule has 1 aliphatic heterocycles. The van der Waals surface area contributed by atoms with Gasteiger partial charge in [0, 0.05) is 29.6 Å². The number of ketones is 1. The highest BCUT2D eigenvalue weighted by Gasteiger charge is 2.33. The van der Waals surface area contributed by atoms with E-state index in [0.717, 1.165) is 5.56 Å². The van der Waals surface area contributed by atoms with Gasteiger partial charge in [-0.05, 0) is 35.6 Å². The van der Waals surface area contributed by atoms with Crippen molar-refractivity contribution >= 4 is 11.7 Å². The lowest BCUT2D eigenvalue weighted by Crippen LogP contribution is -2.39. The molecule has 0 unspecified atom stereocenters. The summed E-state index contributed by atoms with van der Waals surface area (Å²) in [5, 5.41) is 2.85. The fourth-order valence-corrected chi connectivity index (χ4v) is 4.16. The molecule has 2 aliphatic rings. The van der Waals surface area contributed by atoms with E-state index in [1.807, 2.05) is 45.9 Å². The van der Waals surface area contributed by atoms with Crippen molar-refractivity contribution in [2.45, 2.75) is 46.0 Å². The van der Waals surface area contributed by atoms with Gasteiger partial charge in [-0.25, -0.2) is 0 Å². The third kappa shape index (κ3) is 4.22. The monoisotopic (exact) mass is 424 g/mol. The first kappa shape index (κ1) is 21.2. The van der Waals surface area contributed by atoms with E-state index in [9.17, 15) is 14.4 Å². The van der Waals surface area contributed by atoms with Gasteiger partial charge in [-0.2, -0.15) is 0 Å². The molecule has 0 spiro atoms. The number of H-pyrrole nitrogens is 1. The summed E-state index contributed by atoms with van der Waals surface area (Å²) in [6.07, 6.45) is 0.993. The number of carbonyl (C=O) groups is 2. The molecule has 164 valence electrons. The van der Waals surface area contributed by atoms with Crippen LogP contribution in [-0.4, -0.2) is 36.4 Å². The predicted molar refractivity (Wildman–Crippen MR) is 116 cm³/mol. The largest absolute Gasteiger partial charge is 0.486 e. The van der Waals surface area contributed by atoms with E-state index in [0.29, 0.717) is 55.4 Å². The van der Waals surface area contributed by atoms with Gasteiger partial charge in [0.1, 0.15) is 18.8 Å². The Morgan fingerprint density at radius 2 is 1.81 bits per heavy atom. The minimum atomic E-state index is -0.493. The van der Waals surface area contributed by atoms with Crippen LogP contribution in [-0.2, 0) is 11.8 Å². The second-order valence-corrected chi connectivity index (χ2v) is 9.77. The van der Waals surface area contributed by atoms with Crippen LogP contribution in [0.15, 0.2) is 29.1 Å². The first-order valence-corrected chi connectivity index (χ1v) is 10.5. The maximum Gasteiger partial charge on any atom is 0.261 e. The number of aromatic amines is 1. The lowest BCUT2D eigenvalue weighted by Gasteiger charge is -2.30. The highest BCUT2D eigenvalue weighted by atomic mass is 16.6. The van der Waals surface area contributed by atoms with Crippen molar-refractivity contribution in [2.24, 2.45) is 5.41 Å². The number of nitrogens with one attached hydrogen (secondary N) is 2. The number of benzene rings is 1. The number of fused-ring (bicyclic) bond motifs is 2. The first-order chi connectivity index (χ1) is 14.6. The average molecular weight is 424 g/mol. The van der Waals surface area contributed by atoms with Gasteiger partial charge in [0.05, 0.1) is 0 Å². The van der Waals surface area contributed by atoms with E-state index in [-0.39, 0.29) is 16.8 Å². The summed E-state index contributed by atoms with van der Waals surface area (Å²) >= 11 is 0. The van der Waals surface area contributed by atoms with Crippen LogP contribution < -0.4 is 20.3 Å². The molecule has 0 fully saturated rings. The fraction of sp³-hybridized carbons (Fsp3) is 0.458. The molecule has 1 aromatic heterocycles. The number of aromatic nitrogens is 1. The summed E-state index contributed by atoms with van der Waals surface area (Å²) in [4.78, 5) is 40.6. The summed E-state index contributed by atoms with van der Waals surface area (Å²) in [5.74, 6) is 0.861. The molecule has 2 N–H and O–H groups in total. The normalized spacial score (nSPS) is 17.1. The Hall–Kier alpha value is -3.09. The molecule has 7 heteroatoms. The Morgan fingerprint density at radius 3 is 2.55 bits per heavy atom. The molecular formula is C24H28N2O5. The molecule has 0 saturated heterocycles. The molecule has 1 aliphatic carbocycles. The smallest absolute Gasteiger partial charge is 0.261 e. The quantitative estimate of drug-likeness (QED) is 0.786. The third-order valence-electron chi connectivity index (χ3n) is 5.98. The minimum Gasteiger partial charge on any atom is -0.486 e. The summed E-state index contributed by atoms with van der Waals surface area (Å²) < 4.78 is 11.2. The van der Waals surface area contributed by atoms with Crippen LogP contribution in [0.2, 0.25) is 0 Å². The molecule has 2 heterocycles. The first-order valence-electron chi connectivity index (χ1n) is 10.5. The van der Waals surface area contributed by atoms with Gasteiger partial charge in [0.15, 0.2) is 17.3 Å². The summed E-state index contributed by atoms with van der Waals surface area (Å²) in [6, 6.07) is 7.19. The van der Waals surface area contributed by atoms with Gasteiger partial charge in [0.2, 0.25) is 0 Å². The molecule has 4 rings (SSSR count). The van der Waals surface area contributed by atoms with Gasteiger partial charge in [-0.1, -0.05) is 33.8 Å². The number of carbonyl (C=O) groups excluding carboxylic acids is 2. The number of hydrogen-bond donors (Lipinski definition) is 2. The number of pyridine rings is 1. The van der Waals surface area contributed by atoms with E-state index in [1.165, 1.54) is 6.07 Å². The summed E-state index contributed by atoms with van der Waals surface area (Å²) in [7, 11) is 0. The molecular weight excluding hydrogens is 396 g/mol. The average Bonchev–Trinajstić information content (AvgIpc) is 2.70. The number of Topliss-reactive ketones (excluding diaryl/α,β-unsaturated/α-hetero) is 1.